The second-order valence-electron chi connectivity index (χ2n) is 8.05. The Kier molecular flexibility index (Phi) is 5.22. The van der Waals surface area contributed by atoms with Crippen molar-refractivity contribution in [3.05, 3.63) is 70.8 Å². The minimum absolute atomic E-state index is 0.381. The fourth-order valence-electron chi connectivity index (χ4n) is 2.92. The third kappa shape index (κ3) is 3.69. The molecule has 3 rings (SSSR count). The van der Waals surface area contributed by atoms with Gasteiger partial charge in [-0.3, -0.25) is 0 Å². The number of hydrogen-bond acceptors (Lipinski definition) is 2. The van der Waals surface area contributed by atoms with E-state index in [-0.39, 0.29) is 11.2 Å². The second-order valence-corrected chi connectivity index (χ2v) is 8.84. The zero-order chi connectivity index (χ0) is 19.1. The lowest BCUT2D eigenvalue weighted by atomic mass is 9.73. The van der Waals surface area contributed by atoms with E-state index in [1.807, 2.05) is 0 Å². The van der Waals surface area contributed by atoms with Crippen molar-refractivity contribution in [3.8, 4) is 0 Å². The van der Waals surface area contributed by atoms with Crippen LogP contribution in [-0.4, -0.2) is 18.3 Å². The van der Waals surface area contributed by atoms with Crippen LogP contribution in [0.15, 0.2) is 48.5 Å². The van der Waals surface area contributed by atoms with Crippen molar-refractivity contribution >= 4 is 33.0 Å². The van der Waals surface area contributed by atoms with E-state index in [9.17, 15) is 0 Å². The summed E-state index contributed by atoms with van der Waals surface area (Å²) in [4.78, 5) is 0. The van der Waals surface area contributed by atoms with E-state index in [1.54, 1.807) is 0 Å². The molecule has 1 aliphatic rings. The predicted molar refractivity (Wildman–Crippen MR) is 114 cm³/mol. The second kappa shape index (κ2) is 6.99. The molecule has 2 aromatic rings. The van der Waals surface area contributed by atoms with Gasteiger partial charge in [-0.05, 0) is 52.7 Å². The maximum atomic E-state index is 6.37. The maximum Gasteiger partial charge on any atom is 0.496 e. The van der Waals surface area contributed by atoms with Gasteiger partial charge in [0.1, 0.15) is 0 Å². The molecule has 1 fully saturated rings. The van der Waals surface area contributed by atoms with E-state index in [0.29, 0.717) is 0 Å². The molecule has 0 saturated carbocycles. The lowest BCUT2D eigenvalue weighted by Gasteiger charge is -2.32. The van der Waals surface area contributed by atoms with E-state index >= 15 is 0 Å². The Morgan fingerprint density at radius 2 is 1.12 bits per heavy atom. The Hall–Kier alpha value is -1.36. The molecule has 1 aliphatic heterocycles. The first-order chi connectivity index (χ1) is 12.1. The summed E-state index contributed by atoms with van der Waals surface area (Å²) in [6.07, 6.45) is 0. The monoisotopic (exact) mass is 412 g/mol. The summed E-state index contributed by atoms with van der Waals surface area (Å²) < 4.78 is 13.7. The smallest absolute Gasteiger partial charge is 0.399 e. The Bertz CT molecular complexity index is 804. The van der Waals surface area contributed by atoms with E-state index < -0.39 is 7.12 Å². The van der Waals surface area contributed by atoms with Crippen LogP contribution in [0, 0.1) is 13.8 Å². The predicted octanol–water partition coefficient (Wildman–Crippen LogP) is 6.20. The van der Waals surface area contributed by atoms with Crippen molar-refractivity contribution < 1.29 is 9.31 Å². The van der Waals surface area contributed by atoms with Crippen molar-refractivity contribution in [2.75, 3.05) is 0 Å². The van der Waals surface area contributed by atoms with Gasteiger partial charge in [-0.15, -0.1) is 0 Å². The largest absolute Gasteiger partial charge is 0.496 e. The van der Waals surface area contributed by atoms with E-state index in [4.69, 9.17) is 9.31 Å². The van der Waals surface area contributed by atoms with Crippen LogP contribution in [0.5, 0.6) is 0 Å². The van der Waals surface area contributed by atoms with Gasteiger partial charge in [0.25, 0.3) is 0 Å². The molecule has 1 saturated heterocycles. The van der Waals surface area contributed by atoms with Crippen LogP contribution in [0.4, 0.5) is 0 Å². The summed E-state index contributed by atoms with van der Waals surface area (Å²) in [5.41, 5.74) is 4.94. The van der Waals surface area contributed by atoms with Gasteiger partial charge in [0.2, 0.25) is 0 Å². The molecule has 0 spiro atoms. The molecule has 2 aromatic carbocycles. The molecule has 0 radical (unpaired) electrons. The number of hydrogen-bond donors (Lipinski definition) is 0. The van der Waals surface area contributed by atoms with E-state index in [2.05, 4.69) is 106 Å². The molecular formula is C22H26BBrO2. The topological polar surface area (TPSA) is 18.5 Å². The summed E-state index contributed by atoms with van der Waals surface area (Å²) in [5, 5.41) is 0. The molecule has 4 heteroatoms. The van der Waals surface area contributed by atoms with Gasteiger partial charge in [-0.25, -0.2) is 0 Å². The molecule has 0 bridgehead atoms. The van der Waals surface area contributed by atoms with Crippen LogP contribution in [0.3, 0.4) is 0 Å². The molecular weight excluding hydrogens is 387 g/mol. The summed E-state index contributed by atoms with van der Waals surface area (Å²) >= 11 is 3.84. The molecule has 0 N–H and O–H groups in total. The first-order valence-corrected chi connectivity index (χ1v) is 9.79. The quantitative estimate of drug-likeness (QED) is 0.441. The van der Waals surface area contributed by atoms with Gasteiger partial charge in [0.15, 0.2) is 0 Å². The molecule has 0 amide bonds. The zero-order valence-corrected chi connectivity index (χ0v) is 18.0. The minimum Gasteiger partial charge on any atom is -0.399 e. The highest BCUT2D eigenvalue weighted by molar-refractivity contribution is 9.15. The first-order valence-electron chi connectivity index (χ1n) is 9.00. The normalized spacial score (nSPS) is 19.4. The fraction of sp³-hybridized carbons (Fsp3) is 0.364. The van der Waals surface area contributed by atoms with Gasteiger partial charge in [-0.1, -0.05) is 75.6 Å². The molecule has 136 valence electrons. The highest BCUT2D eigenvalue weighted by atomic mass is 79.9. The van der Waals surface area contributed by atoms with Crippen LogP contribution < -0.4 is 0 Å². The van der Waals surface area contributed by atoms with Crippen molar-refractivity contribution in [1.29, 1.82) is 0 Å². The number of aryl methyl sites for hydroxylation is 2. The molecule has 0 aliphatic carbocycles. The van der Waals surface area contributed by atoms with E-state index in [0.717, 1.165) is 21.1 Å². The van der Waals surface area contributed by atoms with Crippen molar-refractivity contribution in [3.63, 3.8) is 0 Å². The molecule has 26 heavy (non-hydrogen) atoms. The lowest BCUT2D eigenvalue weighted by Crippen LogP contribution is -2.41. The van der Waals surface area contributed by atoms with Gasteiger partial charge < -0.3 is 9.31 Å². The first kappa shape index (κ1) is 19.4. The SMILES string of the molecule is Cc1ccc(/C(Br)=C(/B2OC(C)(C)C(C)(C)O2)c2ccc(C)cc2)cc1. The molecule has 0 unspecified atom stereocenters. The highest BCUT2D eigenvalue weighted by Gasteiger charge is 2.53. The Morgan fingerprint density at radius 1 is 0.731 bits per heavy atom. The van der Waals surface area contributed by atoms with E-state index in [1.165, 1.54) is 11.1 Å². The Labute approximate surface area is 165 Å². The number of rotatable bonds is 3. The third-order valence-electron chi connectivity index (χ3n) is 5.39. The van der Waals surface area contributed by atoms with Crippen molar-refractivity contribution in [2.24, 2.45) is 0 Å². The average Bonchev–Trinajstić information content (AvgIpc) is 2.77. The van der Waals surface area contributed by atoms with Gasteiger partial charge in [0, 0.05) is 9.95 Å². The van der Waals surface area contributed by atoms with Crippen molar-refractivity contribution in [2.45, 2.75) is 52.7 Å². The van der Waals surface area contributed by atoms with Gasteiger partial charge in [0.05, 0.1) is 11.2 Å². The average molecular weight is 413 g/mol. The zero-order valence-electron chi connectivity index (χ0n) is 16.4. The van der Waals surface area contributed by atoms with Crippen LogP contribution in [-0.2, 0) is 9.31 Å². The van der Waals surface area contributed by atoms with Crippen LogP contribution in [0.25, 0.3) is 9.95 Å². The molecule has 0 aromatic heterocycles. The van der Waals surface area contributed by atoms with Crippen LogP contribution >= 0.6 is 15.9 Å². The van der Waals surface area contributed by atoms with Crippen LogP contribution in [0.1, 0.15) is 49.9 Å². The standard InChI is InChI=1S/C22H26BBrO2/c1-15-7-11-17(12-8-15)19(20(24)18-13-9-16(2)10-14-18)23-25-21(3,4)22(5,6)26-23/h7-14H,1-6H3/b20-19-. The number of benzene rings is 2. The molecule has 2 nitrogen and oxygen atoms in total. The lowest BCUT2D eigenvalue weighted by molar-refractivity contribution is 0.00578. The fourth-order valence-corrected chi connectivity index (χ4v) is 3.60. The molecule has 1 heterocycles. The Balaban J connectivity index is 2.13. The van der Waals surface area contributed by atoms with Gasteiger partial charge >= 0.3 is 7.12 Å². The summed E-state index contributed by atoms with van der Waals surface area (Å²) in [6, 6.07) is 17.0. The summed E-state index contributed by atoms with van der Waals surface area (Å²) in [6.45, 7) is 12.5. The third-order valence-corrected chi connectivity index (χ3v) is 6.28. The van der Waals surface area contributed by atoms with Crippen LogP contribution in [0.2, 0.25) is 0 Å². The maximum absolute atomic E-state index is 6.37. The summed E-state index contributed by atoms with van der Waals surface area (Å²) in [7, 11) is -0.432. The highest BCUT2D eigenvalue weighted by Crippen LogP contribution is 2.43. The summed E-state index contributed by atoms with van der Waals surface area (Å²) in [5.74, 6) is 0. The van der Waals surface area contributed by atoms with Gasteiger partial charge in [-0.2, -0.15) is 0 Å². The van der Waals surface area contributed by atoms with Crippen molar-refractivity contribution in [1.82, 2.24) is 0 Å². The Morgan fingerprint density at radius 3 is 1.54 bits per heavy atom. The minimum atomic E-state index is -0.432. The number of halogens is 1. The molecule has 0 atom stereocenters.